The number of thiophene rings is 1. The van der Waals surface area contributed by atoms with Crippen molar-refractivity contribution in [2.45, 2.75) is 6.54 Å². The zero-order valence-corrected chi connectivity index (χ0v) is 12.3. The van der Waals surface area contributed by atoms with Crippen LogP contribution in [0.3, 0.4) is 0 Å². The molecule has 0 aliphatic rings. The molecule has 0 spiro atoms. The third-order valence-corrected chi connectivity index (χ3v) is 4.40. The van der Waals surface area contributed by atoms with Crippen molar-refractivity contribution in [1.29, 1.82) is 0 Å². The number of benzene rings is 1. The minimum absolute atomic E-state index is 0.446. The van der Waals surface area contributed by atoms with Crippen molar-refractivity contribution in [2.75, 3.05) is 5.32 Å². The Morgan fingerprint density at radius 3 is 2.29 bits per heavy atom. The number of nitrogens with one attached hydrogen (secondary N) is 1. The topological polar surface area (TPSA) is 12.0 Å². The highest BCUT2D eigenvalue weighted by molar-refractivity contribution is 7.10. The standard InChI is InChI=1S/C11H7Cl4NS/c12-6-1-7(17-5-6)4-16-11-3-9(14)8(13)2-10(11)15/h1-3,5,16H,4H2. The Hall–Kier alpha value is -0.120. The van der Waals surface area contributed by atoms with E-state index in [0.29, 0.717) is 21.6 Å². The third kappa shape index (κ3) is 3.43. The molecule has 0 fully saturated rings. The van der Waals surface area contributed by atoms with Crippen LogP contribution in [-0.2, 0) is 6.54 Å². The minimum Gasteiger partial charge on any atom is -0.379 e. The second kappa shape index (κ2) is 5.68. The SMILES string of the molecule is Clc1csc(CNc2cc(Cl)c(Cl)cc2Cl)c1. The first kappa shape index (κ1) is 13.3. The molecule has 0 saturated carbocycles. The van der Waals surface area contributed by atoms with Crippen LogP contribution in [0.25, 0.3) is 0 Å². The summed E-state index contributed by atoms with van der Waals surface area (Å²) in [6.45, 7) is 0.648. The van der Waals surface area contributed by atoms with E-state index in [1.807, 2.05) is 11.4 Å². The molecular weight excluding hydrogens is 320 g/mol. The van der Waals surface area contributed by atoms with Gasteiger partial charge in [0.1, 0.15) is 0 Å². The Morgan fingerprint density at radius 2 is 1.65 bits per heavy atom. The van der Waals surface area contributed by atoms with E-state index >= 15 is 0 Å². The quantitative estimate of drug-likeness (QED) is 0.685. The molecule has 1 heterocycles. The molecule has 1 aromatic carbocycles. The Kier molecular flexibility index (Phi) is 4.45. The van der Waals surface area contributed by atoms with Crippen LogP contribution >= 0.6 is 57.7 Å². The lowest BCUT2D eigenvalue weighted by Gasteiger charge is -2.08. The molecule has 0 atom stereocenters. The molecule has 1 nitrogen and oxygen atoms in total. The van der Waals surface area contributed by atoms with Crippen molar-refractivity contribution >= 4 is 63.4 Å². The summed E-state index contributed by atoms with van der Waals surface area (Å²) in [4.78, 5) is 1.12. The molecular formula is C11H7Cl4NS. The zero-order chi connectivity index (χ0) is 12.4. The Balaban J connectivity index is 2.11. The zero-order valence-electron chi connectivity index (χ0n) is 8.44. The largest absolute Gasteiger partial charge is 0.379 e. The van der Waals surface area contributed by atoms with E-state index in [1.54, 1.807) is 23.5 Å². The van der Waals surface area contributed by atoms with E-state index in [-0.39, 0.29) is 0 Å². The van der Waals surface area contributed by atoms with E-state index < -0.39 is 0 Å². The van der Waals surface area contributed by atoms with Gasteiger partial charge >= 0.3 is 0 Å². The lowest BCUT2D eigenvalue weighted by Crippen LogP contribution is -1.98. The first-order valence-electron chi connectivity index (χ1n) is 4.67. The predicted octanol–water partition coefficient (Wildman–Crippen LogP) is 5.97. The van der Waals surface area contributed by atoms with Gasteiger partial charge in [-0.05, 0) is 18.2 Å². The predicted molar refractivity (Wildman–Crippen MR) is 78.1 cm³/mol. The number of hydrogen-bond donors (Lipinski definition) is 1. The molecule has 2 rings (SSSR count). The first-order valence-corrected chi connectivity index (χ1v) is 7.07. The maximum Gasteiger partial charge on any atom is 0.0653 e. The minimum atomic E-state index is 0.446. The van der Waals surface area contributed by atoms with E-state index in [9.17, 15) is 0 Å². The Morgan fingerprint density at radius 1 is 0.941 bits per heavy atom. The summed E-state index contributed by atoms with van der Waals surface area (Å²) in [6, 6.07) is 5.24. The van der Waals surface area contributed by atoms with Gasteiger partial charge in [0, 0.05) is 16.8 Å². The van der Waals surface area contributed by atoms with Crippen LogP contribution in [0.2, 0.25) is 20.1 Å². The normalized spacial score (nSPS) is 10.6. The fourth-order valence-electron chi connectivity index (χ4n) is 1.29. The van der Waals surface area contributed by atoms with E-state index in [4.69, 9.17) is 46.4 Å². The van der Waals surface area contributed by atoms with Crippen molar-refractivity contribution < 1.29 is 0 Å². The van der Waals surface area contributed by atoms with E-state index in [2.05, 4.69) is 5.32 Å². The molecule has 0 saturated heterocycles. The van der Waals surface area contributed by atoms with Crippen LogP contribution in [0.5, 0.6) is 0 Å². The molecule has 2 aromatic rings. The van der Waals surface area contributed by atoms with Crippen LogP contribution in [0.15, 0.2) is 23.6 Å². The maximum atomic E-state index is 6.04. The molecule has 90 valence electrons. The van der Waals surface area contributed by atoms with Gasteiger partial charge in [-0.1, -0.05) is 46.4 Å². The molecule has 0 aliphatic heterocycles. The third-order valence-electron chi connectivity index (χ3n) is 2.08. The average molecular weight is 327 g/mol. The second-order valence-corrected chi connectivity index (χ2v) is 5.98. The highest BCUT2D eigenvalue weighted by Gasteiger charge is 2.06. The van der Waals surface area contributed by atoms with Crippen LogP contribution in [0.1, 0.15) is 4.88 Å². The van der Waals surface area contributed by atoms with Gasteiger partial charge in [-0.25, -0.2) is 0 Å². The summed E-state index contributed by atoms with van der Waals surface area (Å²) in [6.07, 6.45) is 0. The summed E-state index contributed by atoms with van der Waals surface area (Å²) in [5.74, 6) is 0. The number of anilines is 1. The highest BCUT2D eigenvalue weighted by Crippen LogP contribution is 2.32. The van der Waals surface area contributed by atoms with E-state index in [0.717, 1.165) is 15.6 Å². The van der Waals surface area contributed by atoms with Gasteiger partial charge in [0.15, 0.2) is 0 Å². The average Bonchev–Trinajstić information content (AvgIpc) is 2.68. The molecule has 0 bridgehead atoms. The van der Waals surface area contributed by atoms with Gasteiger partial charge in [0.25, 0.3) is 0 Å². The summed E-state index contributed by atoms with van der Waals surface area (Å²) in [7, 11) is 0. The van der Waals surface area contributed by atoms with Crippen LogP contribution < -0.4 is 5.32 Å². The van der Waals surface area contributed by atoms with Gasteiger partial charge in [0.05, 0.1) is 25.8 Å². The summed E-state index contributed by atoms with van der Waals surface area (Å²) < 4.78 is 0. The van der Waals surface area contributed by atoms with Crippen molar-refractivity contribution in [1.82, 2.24) is 0 Å². The number of halogens is 4. The molecule has 1 aromatic heterocycles. The van der Waals surface area contributed by atoms with Gasteiger partial charge < -0.3 is 5.32 Å². The van der Waals surface area contributed by atoms with Crippen molar-refractivity contribution in [3.63, 3.8) is 0 Å². The fourth-order valence-corrected chi connectivity index (χ4v) is 2.91. The summed E-state index contributed by atoms with van der Waals surface area (Å²) in [5.41, 5.74) is 0.755. The van der Waals surface area contributed by atoms with Gasteiger partial charge in [0.2, 0.25) is 0 Å². The summed E-state index contributed by atoms with van der Waals surface area (Å²) >= 11 is 25.2. The second-order valence-electron chi connectivity index (χ2n) is 3.33. The summed E-state index contributed by atoms with van der Waals surface area (Å²) in [5, 5.41) is 7.28. The number of hydrogen-bond acceptors (Lipinski definition) is 2. The van der Waals surface area contributed by atoms with Gasteiger partial charge in [-0.2, -0.15) is 0 Å². The highest BCUT2D eigenvalue weighted by atomic mass is 35.5. The molecule has 17 heavy (non-hydrogen) atoms. The Labute approximate surface area is 123 Å². The number of rotatable bonds is 3. The van der Waals surface area contributed by atoms with Gasteiger partial charge in [-0.3, -0.25) is 0 Å². The Bertz CT molecular complexity index is 538. The maximum absolute atomic E-state index is 6.04. The molecule has 1 N–H and O–H groups in total. The smallest absolute Gasteiger partial charge is 0.0653 e. The molecule has 6 heteroatoms. The van der Waals surface area contributed by atoms with Crippen LogP contribution in [0.4, 0.5) is 5.69 Å². The lowest BCUT2D eigenvalue weighted by molar-refractivity contribution is 1.19. The van der Waals surface area contributed by atoms with Crippen molar-refractivity contribution in [2.24, 2.45) is 0 Å². The van der Waals surface area contributed by atoms with Crippen molar-refractivity contribution in [3.05, 3.63) is 48.5 Å². The molecule has 0 unspecified atom stereocenters. The molecule has 0 aliphatic carbocycles. The van der Waals surface area contributed by atoms with Crippen LogP contribution in [-0.4, -0.2) is 0 Å². The van der Waals surface area contributed by atoms with Crippen LogP contribution in [0, 0.1) is 0 Å². The first-order chi connectivity index (χ1) is 8.06. The van der Waals surface area contributed by atoms with E-state index in [1.165, 1.54) is 0 Å². The molecule has 0 amide bonds. The lowest BCUT2D eigenvalue weighted by atomic mass is 10.3. The monoisotopic (exact) mass is 325 g/mol. The fraction of sp³-hybridized carbons (Fsp3) is 0.0909. The van der Waals surface area contributed by atoms with Gasteiger partial charge in [-0.15, -0.1) is 11.3 Å². The van der Waals surface area contributed by atoms with Crippen molar-refractivity contribution in [3.8, 4) is 0 Å². The molecule has 0 radical (unpaired) electrons.